The van der Waals surface area contributed by atoms with Crippen LogP contribution in [0.5, 0.6) is 0 Å². The summed E-state index contributed by atoms with van der Waals surface area (Å²) in [7, 11) is 0. The molecule has 0 radical (unpaired) electrons. The van der Waals surface area contributed by atoms with E-state index in [9.17, 15) is 0 Å². The van der Waals surface area contributed by atoms with Crippen LogP contribution in [0.25, 0.3) is 0 Å². The summed E-state index contributed by atoms with van der Waals surface area (Å²) >= 11 is 0. The van der Waals surface area contributed by atoms with Crippen molar-refractivity contribution in [2.24, 2.45) is 5.92 Å². The number of likely N-dealkylation sites (tertiary alicyclic amines) is 1. The summed E-state index contributed by atoms with van der Waals surface area (Å²) in [6, 6.07) is 2.97. The van der Waals surface area contributed by atoms with E-state index in [-0.39, 0.29) is 5.92 Å². The lowest BCUT2D eigenvalue weighted by Gasteiger charge is -2.21. The summed E-state index contributed by atoms with van der Waals surface area (Å²) in [6.07, 6.45) is 2.61. The summed E-state index contributed by atoms with van der Waals surface area (Å²) in [4.78, 5) is 2.41. The third-order valence-corrected chi connectivity index (χ3v) is 2.42. The molecule has 62 valence electrons. The van der Waals surface area contributed by atoms with Crippen LogP contribution in [0.2, 0.25) is 0 Å². The second-order valence-electron chi connectivity index (χ2n) is 3.52. The maximum Gasteiger partial charge on any atom is 0.0666 e. The minimum absolute atomic E-state index is 0.190. The molecule has 2 unspecified atom stereocenters. The van der Waals surface area contributed by atoms with Gasteiger partial charge in [0.25, 0.3) is 0 Å². The largest absolute Gasteiger partial charge is 0.299 e. The lowest BCUT2D eigenvalue weighted by molar-refractivity contribution is 0.250. The Morgan fingerprint density at radius 2 is 2.45 bits per heavy atom. The first-order chi connectivity index (χ1) is 5.24. The van der Waals surface area contributed by atoms with Gasteiger partial charge >= 0.3 is 0 Å². The Balaban J connectivity index is 2.32. The van der Waals surface area contributed by atoms with Crippen molar-refractivity contribution in [1.29, 1.82) is 5.26 Å². The van der Waals surface area contributed by atoms with E-state index in [2.05, 4.69) is 17.9 Å². The van der Waals surface area contributed by atoms with Crippen molar-refractivity contribution in [3.05, 3.63) is 0 Å². The molecule has 0 spiro atoms. The first-order valence-corrected chi connectivity index (χ1v) is 4.37. The van der Waals surface area contributed by atoms with Crippen LogP contribution in [-0.2, 0) is 0 Å². The third kappa shape index (κ3) is 2.20. The highest BCUT2D eigenvalue weighted by Crippen LogP contribution is 2.17. The monoisotopic (exact) mass is 152 g/mol. The van der Waals surface area contributed by atoms with Crippen LogP contribution in [0, 0.1) is 17.2 Å². The quantitative estimate of drug-likeness (QED) is 0.601. The molecule has 0 aromatic carbocycles. The lowest BCUT2D eigenvalue weighted by Crippen LogP contribution is -2.30. The molecule has 1 fully saturated rings. The van der Waals surface area contributed by atoms with Gasteiger partial charge in [0, 0.05) is 12.6 Å². The van der Waals surface area contributed by atoms with Gasteiger partial charge in [-0.1, -0.05) is 0 Å². The van der Waals surface area contributed by atoms with Gasteiger partial charge in [0.1, 0.15) is 0 Å². The second-order valence-corrected chi connectivity index (χ2v) is 3.52. The zero-order valence-electron chi connectivity index (χ0n) is 7.38. The summed E-state index contributed by atoms with van der Waals surface area (Å²) in [5.74, 6) is 0.190. The molecule has 1 saturated heterocycles. The maximum atomic E-state index is 8.60. The average Bonchev–Trinajstić information content (AvgIpc) is 2.37. The number of hydrogen-bond acceptors (Lipinski definition) is 2. The number of rotatable bonds is 2. The van der Waals surface area contributed by atoms with E-state index in [1.54, 1.807) is 0 Å². The van der Waals surface area contributed by atoms with Crippen molar-refractivity contribution in [3.8, 4) is 6.07 Å². The van der Waals surface area contributed by atoms with E-state index in [4.69, 9.17) is 5.26 Å². The van der Waals surface area contributed by atoms with Crippen LogP contribution in [0.4, 0.5) is 0 Å². The second kappa shape index (κ2) is 3.73. The van der Waals surface area contributed by atoms with Gasteiger partial charge < -0.3 is 0 Å². The van der Waals surface area contributed by atoms with E-state index < -0.39 is 0 Å². The number of nitriles is 1. The maximum absolute atomic E-state index is 8.60. The van der Waals surface area contributed by atoms with E-state index in [1.165, 1.54) is 19.4 Å². The molecule has 1 heterocycles. The minimum Gasteiger partial charge on any atom is -0.299 e. The molecule has 2 atom stereocenters. The fraction of sp³-hybridized carbons (Fsp3) is 0.889. The Bertz CT molecular complexity index is 159. The van der Waals surface area contributed by atoms with Crippen molar-refractivity contribution in [1.82, 2.24) is 4.90 Å². The summed E-state index contributed by atoms with van der Waals surface area (Å²) in [5, 5.41) is 8.60. The van der Waals surface area contributed by atoms with E-state index in [1.807, 2.05) is 6.92 Å². The molecule has 0 saturated carbocycles. The van der Waals surface area contributed by atoms with Crippen molar-refractivity contribution < 1.29 is 0 Å². The Morgan fingerprint density at radius 1 is 1.73 bits per heavy atom. The average molecular weight is 152 g/mol. The van der Waals surface area contributed by atoms with Gasteiger partial charge in [0.2, 0.25) is 0 Å². The van der Waals surface area contributed by atoms with Gasteiger partial charge in [-0.2, -0.15) is 5.26 Å². The molecular weight excluding hydrogens is 136 g/mol. The van der Waals surface area contributed by atoms with Crippen LogP contribution < -0.4 is 0 Å². The van der Waals surface area contributed by atoms with Crippen LogP contribution >= 0.6 is 0 Å². The predicted molar refractivity (Wildman–Crippen MR) is 45.0 cm³/mol. The molecule has 0 aliphatic carbocycles. The lowest BCUT2D eigenvalue weighted by atomic mass is 10.2. The highest BCUT2D eigenvalue weighted by Gasteiger charge is 2.21. The van der Waals surface area contributed by atoms with Crippen LogP contribution in [-0.4, -0.2) is 24.0 Å². The molecule has 0 N–H and O–H groups in total. The molecular formula is C9H16N2. The minimum atomic E-state index is 0.190. The first-order valence-electron chi connectivity index (χ1n) is 4.37. The summed E-state index contributed by atoms with van der Waals surface area (Å²) in [5.41, 5.74) is 0. The van der Waals surface area contributed by atoms with Gasteiger partial charge in [-0.15, -0.1) is 0 Å². The number of nitrogens with zero attached hydrogens (tertiary/aromatic N) is 2. The van der Waals surface area contributed by atoms with Crippen molar-refractivity contribution in [2.75, 3.05) is 13.1 Å². The summed E-state index contributed by atoms with van der Waals surface area (Å²) < 4.78 is 0. The fourth-order valence-corrected chi connectivity index (χ4v) is 1.66. The van der Waals surface area contributed by atoms with Gasteiger partial charge in [-0.05, 0) is 33.2 Å². The molecule has 2 heteroatoms. The van der Waals surface area contributed by atoms with Crippen molar-refractivity contribution in [2.45, 2.75) is 32.7 Å². The van der Waals surface area contributed by atoms with Crippen LogP contribution in [0.15, 0.2) is 0 Å². The first kappa shape index (κ1) is 8.55. The van der Waals surface area contributed by atoms with Crippen LogP contribution in [0.1, 0.15) is 26.7 Å². The van der Waals surface area contributed by atoms with Crippen LogP contribution in [0.3, 0.4) is 0 Å². The van der Waals surface area contributed by atoms with E-state index in [0.717, 1.165) is 6.54 Å². The topological polar surface area (TPSA) is 27.0 Å². The SMILES string of the molecule is CC(C#N)CN1CCCC1C. The van der Waals surface area contributed by atoms with Gasteiger partial charge in [0.15, 0.2) is 0 Å². The standard InChI is InChI=1S/C9H16N2/c1-8(6-10)7-11-5-3-4-9(11)2/h8-9H,3-5,7H2,1-2H3. The van der Waals surface area contributed by atoms with E-state index >= 15 is 0 Å². The molecule has 1 aliphatic heterocycles. The molecule has 0 aromatic rings. The smallest absolute Gasteiger partial charge is 0.0666 e. The Morgan fingerprint density at radius 3 is 2.91 bits per heavy atom. The molecule has 0 bridgehead atoms. The molecule has 1 aliphatic rings. The molecule has 11 heavy (non-hydrogen) atoms. The molecule has 0 aromatic heterocycles. The Labute approximate surface area is 68.8 Å². The normalized spacial score (nSPS) is 28.3. The molecule has 2 nitrogen and oxygen atoms in total. The summed E-state index contributed by atoms with van der Waals surface area (Å²) in [6.45, 7) is 6.38. The van der Waals surface area contributed by atoms with Gasteiger partial charge in [-0.3, -0.25) is 4.90 Å². The Kier molecular flexibility index (Phi) is 2.90. The van der Waals surface area contributed by atoms with Crippen molar-refractivity contribution >= 4 is 0 Å². The molecule has 0 amide bonds. The highest BCUT2D eigenvalue weighted by molar-refractivity contribution is 4.85. The zero-order chi connectivity index (χ0) is 8.27. The molecule has 1 rings (SSSR count). The highest BCUT2D eigenvalue weighted by atomic mass is 15.2. The Hall–Kier alpha value is -0.550. The predicted octanol–water partition coefficient (Wildman–Crippen LogP) is 1.63. The van der Waals surface area contributed by atoms with E-state index in [0.29, 0.717) is 6.04 Å². The fourth-order valence-electron chi connectivity index (χ4n) is 1.66. The van der Waals surface area contributed by atoms with Gasteiger partial charge in [-0.25, -0.2) is 0 Å². The third-order valence-electron chi connectivity index (χ3n) is 2.42. The number of hydrogen-bond donors (Lipinski definition) is 0. The van der Waals surface area contributed by atoms with Gasteiger partial charge in [0.05, 0.1) is 12.0 Å². The van der Waals surface area contributed by atoms with Crippen molar-refractivity contribution in [3.63, 3.8) is 0 Å². The zero-order valence-corrected chi connectivity index (χ0v) is 7.38.